The average Bonchev–Trinajstić information content (AvgIpc) is 2.50. The van der Waals surface area contributed by atoms with E-state index >= 15 is 0 Å². The van der Waals surface area contributed by atoms with E-state index in [0.717, 1.165) is 6.07 Å². The van der Waals surface area contributed by atoms with Crippen LogP contribution in [0.5, 0.6) is 0 Å². The Morgan fingerprint density at radius 3 is 2.46 bits per heavy atom. The second-order valence-electron chi connectivity index (χ2n) is 4.69. The first-order chi connectivity index (χ1) is 11.3. The van der Waals surface area contributed by atoms with Crippen molar-refractivity contribution in [1.29, 1.82) is 0 Å². The largest absolute Gasteiger partial charge is 0.332 e. The summed E-state index contributed by atoms with van der Waals surface area (Å²) in [4.78, 5) is 9.71. The molecule has 0 amide bonds. The summed E-state index contributed by atoms with van der Waals surface area (Å²) >= 11 is 5.79. The number of rotatable bonds is 5. The molecule has 0 spiro atoms. The van der Waals surface area contributed by atoms with Crippen LogP contribution in [-0.2, 0) is 10.2 Å². The summed E-state index contributed by atoms with van der Waals surface area (Å²) in [6, 6.07) is 9.68. The van der Waals surface area contributed by atoms with Gasteiger partial charge in [-0.15, -0.1) is 3.89 Å². The number of nitro groups is 1. The Morgan fingerprint density at radius 1 is 1.08 bits per heavy atom. The van der Waals surface area contributed by atoms with Crippen LogP contribution < -0.4 is 0 Å². The number of hydrogen-bond acceptors (Lipinski definition) is 4. The monoisotopic (exact) mass is 367 g/mol. The van der Waals surface area contributed by atoms with Crippen LogP contribution in [0.15, 0.2) is 59.5 Å². The Morgan fingerprint density at radius 2 is 1.79 bits per heavy atom. The molecule has 0 fully saturated rings. The highest BCUT2D eigenvalue weighted by atomic mass is 35.5. The molecule has 0 aliphatic rings. The summed E-state index contributed by atoms with van der Waals surface area (Å²) in [5, 5.41) is 11.0. The van der Waals surface area contributed by atoms with Crippen LogP contribution in [0.4, 0.5) is 9.57 Å². The number of allylic oxidation sites excluding steroid dienone is 2. The zero-order chi connectivity index (χ0) is 17.7. The van der Waals surface area contributed by atoms with E-state index in [9.17, 15) is 22.4 Å². The van der Waals surface area contributed by atoms with Crippen molar-refractivity contribution in [2.24, 2.45) is 0 Å². The summed E-state index contributed by atoms with van der Waals surface area (Å²) in [6.07, 6.45) is 6.01. The Bertz CT molecular complexity index is 939. The molecule has 0 unspecified atom stereocenters. The molecule has 0 atom stereocenters. The zero-order valence-corrected chi connectivity index (χ0v) is 13.7. The minimum atomic E-state index is -4.86. The van der Waals surface area contributed by atoms with Gasteiger partial charge in [-0.25, -0.2) is 0 Å². The number of hydrogen-bond donors (Lipinski definition) is 0. The Hall–Kier alpha value is -2.51. The van der Waals surface area contributed by atoms with Gasteiger partial charge in [0.05, 0.1) is 4.92 Å². The number of nitro benzene ring substituents is 1. The van der Waals surface area contributed by atoms with Crippen molar-refractivity contribution in [1.82, 2.24) is 0 Å². The first-order valence-corrected chi connectivity index (χ1v) is 8.37. The Kier molecular flexibility index (Phi) is 5.48. The third-order valence-corrected chi connectivity index (χ3v) is 4.12. The van der Waals surface area contributed by atoms with Crippen LogP contribution in [0, 0.1) is 10.1 Å². The van der Waals surface area contributed by atoms with Gasteiger partial charge in [-0.2, -0.15) is 8.42 Å². The lowest BCUT2D eigenvalue weighted by Gasteiger charge is -2.01. The summed E-state index contributed by atoms with van der Waals surface area (Å²) in [7, 11) is -4.86. The molecule has 0 heterocycles. The van der Waals surface area contributed by atoms with E-state index in [1.165, 1.54) is 36.4 Å². The van der Waals surface area contributed by atoms with Crippen LogP contribution in [0.25, 0.3) is 12.2 Å². The fraction of sp³-hybridized carbons (Fsp3) is 0. The molecule has 0 N–H and O–H groups in total. The quantitative estimate of drug-likeness (QED) is 0.334. The second kappa shape index (κ2) is 7.37. The first kappa shape index (κ1) is 17.8. The first-order valence-electron chi connectivity index (χ1n) is 6.61. The molecule has 0 aliphatic heterocycles. The molecule has 2 rings (SSSR count). The summed E-state index contributed by atoms with van der Waals surface area (Å²) in [5.74, 6) is 0. The molecule has 124 valence electrons. The SMILES string of the molecule is O=[N+]([O-])c1cccc(C=CC=Cc2cc(Cl)ccc2S(=O)(=O)F)c1. The van der Waals surface area contributed by atoms with Crippen LogP contribution in [-0.4, -0.2) is 13.3 Å². The third kappa shape index (κ3) is 4.74. The third-order valence-electron chi connectivity index (χ3n) is 2.99. The number of nitrogens with zero attached hydrogens (tertiary/aromatic N) is 1. The molecule has 2 aromatic carbocycles. The van der Waals surface area contributed by atoms with Crippen LogP contribution >= 0.6 is 11.6 Å². The highest BCUT2D eigenvalue weighted by Gasteiger charge is 2.15. The lowest BCUT2D eigenvalue weighted by molar-refractivity contribution is -0.384. The summed E-state index contributed by atoms with van der Waals surface area (Å²) in [6.45, 7) is 0. The van der Waals surface area contributed by atoms with E-state index in [0.29, 0.717) is 5.56 Å². The zero-order valence-electron chi connectivity index (χ0n) is 12.1. The van der Waals surface area contributed by atoms with E-state index in [2.05, 4.69) is 0 Å². The maximum atomic E-state index is 13.2. The van der Waals surface area contributed by atoms with Crippen molar-refractivity contribution >= 4 is 39.7 Å². The highest BCUT2D eigenvalue weighted by molar-refractivity contribution is 7.86. The Balaban J connectivity index is 2.25. The fourth-order valence-electron chi connectivity index (χ4n) is 1.94. The molecule has 8 heteroatoms. The van der Waals surface area contributed by atoms with E-state index < -0.39 is 20.0 Å². The molecule has 5 nitrogen and oxygen atoms in total. The van der Waals surface area contributed by atoms with Crippen LogP contribution in [0.1, 0.15) is 11.1 Å². The second-order valence-corrected chi connectivity index (χ2v) is 6.44. The van der Waals surface area contributed by atoms with E-state index in [1.807, 2.05) is 0 Å². The minimum absolute atomic E-state index is 0.0400. The van der Waals surface area contributed by atoms with Crippen molar-refractivity contribution in [3.8, 4) is 0 Å². The summed E-state index contributed by atoms with van der Waals surface area (Å²) in [5.41, 5.74) is 0.661. The molecular formula is C16H11ClFNO4S. The van der Waals surface area contributed by atoms with Crippen molar-refractivity contribution in [2.45, 2.75) is 4.90 Å². The highest BCUT2D eigenvalue weighted by Crippen LogP contribution is 2.23. The molecule has 0 aromatic heterocycles. The maximum Gasteiger partial charge on any atom is 0.332 e. The molecule has 0 radical (unpaired) electrons. The van der Waals surface area contributed by atoms with E-state index in [-0.39, 0.29) is 16.3 Å². The van der Waals surface area contributed by atoms with Crippen molar-refractivity contribution in [3.63, 3.8) is 0 Å². The molecular weight excluding hydrogens is 357 g/mol. The van der Waals surface area contributed by atoms with Gasteiger partial charge in [0.15, 0.2) is 0 Å². The maximum absolute atomic E-state index is 13.2. The molecule has 0 saturated heterocycles. The minimum Gasteiger partial charge on any atom is -0.258 e. The van der Waals surface area contributed by atoms with Crippen molar-refractivity contribution in [3.05, 3.63) is 80.9 Å². The van der Waals surface area contributed by atoms with Gasteiger partial charge in [-0.3, -0.25) is 10.1 Å². The predicted molar refractivity (Wildman–Crippen MR) is 90.9 cm³/mol. The molecule has 0 aliphatic carbocycles. The van der Waals surface area contributed by atoms with Gasteiger partial charge in [-0.05, 0) is 29.3 Å². The average molecular weight is 368 g/mol. The smallest absolute Gasteiger partial charge is 0.258 e. The van der Waals surface area contributed by atoms with Gasteiger partial charge in [0.2, 0.25) is 0 Å². The predicted octanol–water partition coefficient (Wildman–Crippen LogP) is 4.63. The lowest BCUT2D eigenvalue weighted by atomic mass is 10.1. The van der Waals surface area contributed by atoms with Gasteiger partial charge in [0.1, 0.15) is 4.90 Å². The normalized spacial score (nSPS) is 12.1. The van der Waals surface area contributed by atoms with Gasteiger partial charge in [0.25, 0.3) is 5.69 Å². The standard InChI is InChI=1S/C16H11ClFNO4S/c17-14-8-9-16(24(18,22)23)13(11-14)6-2-1-4-12-5-3-7-15(10-12)19(20)21/h1-11H. The lowest BCUT2D eigenvalue weighted by Crippen LogP contribution is -1.95. The van der Waals surface area contributed by atoms with Gasteiger partial charge >= 0.3 is 10.2 Å². The number of benzene rings is 2. The van der Waals surface area contributed by atoms with Crippen molar-refractivity contribution in [2.75, 3.05) is 0 Å². The van der Waals surface area contributed by atoms with E-state index in [4.69, 9.17) is 11.6 Å². The molecule has 0 bridgehead atoms. The Labute approximate surface area is 143 Å². The number of non-ortho nitro benzene ring substituents is 1. The van der Waals surface area contributed by atoms with Gasteiger partial charge in [0, 0.05) is 17.2 Å². The van der Waals surface area contributed by atoms with Crippen molar-refractivity contribution < 1.29 is 17.2 Å². The molecule has 2 aromatic rings. The topological polar surface area (TPSA) is 77.3 Å². The van der Waals surface area contributed by atoms with Crippen LogP contribution in [0.2, 0.25) is 5.02 Å². The van der Waals surface area contributed by atoms with Crippen LogP contribution in [0.3, 0.4) is 0 Å². The molecule has 0 saturated carbocycles. The van der Waals surface area contributed by atoms with Gasteiger partial charge < -0.3 is 0 Å². The molecule has 24 heavy (non-hydrogen) atoms. The van der Waals surface area contributed by atoms with Gasteiger partial charge in [-0.1, -0.05) is 48.0 Å². The number of halogens is 2. The van der Waals surface area contributed by atoms with E-state index in [1.54, 1.807) is 24.3 Å². The fourth-order valence-corrected chi connectivity index (χ4v) is 2.76. The summed E-state index contributed by atoms with van der Waals surface area (Å²) < 4.78 is 35.4.